The quantitative estimate of drug-likeness (QED) is 0.495. The zero-order valence-corrected chi connectivity index (χ0v) is 13.5. The Labute approximate surface area is 141 Å². The molecule has 0 heterocycles. The van der Waals surface area contributed by atoms with Crippen LogP contribution in [0.1, 0.15) is 11.1 Å². The van der Waals surface area contributed by atoms with Crippen molar-refractivity contribution in [3.63, 3.8) is 0 Å². The Morgan fingerprint density at radius 3 is 2.79 bits per heavy atom. The second-order valence-electron chi connectivity index (χ2n) is 5.11. The van der Waals surface area contributed by atoms with E-state index in [0.717, 1.165) is 5.56 Å². The van der Waals surface area contributed by atoms with Gasteiger partial charge in [0.15, 0.2) is 0 Å². The largest absolute Gasteiger partial charge is 0.490 e. The summed E-state index contributed by atoms with van der Waals surface area (Å²) in [4.78, 5) is 12.3. The van der Waals surface area contributed by atoms with Crippen LogP contribution in [0, 0.1) is 18.3 Å². The van der Waals surface area contributed by atoms with Gasteiger partial charge in [0, 0.05) is 5.69 Å². The van der Waals surface area contributed by atoms with Gasteiger partial charge >= 0.3 is 0 Å². The summed E-state index contributed by atoms with van der Waals surface area (Å²) in [6, 6.07) is 16.5. The van der Waals surface area contributed by atoms with Crippen LogP contribution in [0.2, 0.25) is 0 Å². The summed E-state index contributed by atoms with van der Waals surface area (Å²) in [5.74, 6) is 0.212. The van der Waals surface area contributed by atoms with Crippen molar-refractivity contribution in [3.05, 3.63) is 77.9 Å². The highest BCUT2D eigenvalue weighted by atomic mass is 16.5. The van der Waals surface area contributed by atoms with E-state index in [-0.39, 0.29) is 5.57 Å². The molecule has 4 nitrogen and oxygen atoms in total. The molecule has 4 heteroatoms. The first kappa shape index (κ1) is 17.0. The fourth-order valence-electron chi connectivity index (χ4n) is 2.07. The van der Waals surface area contributed by atoms with Crippen LogP contribution in [0.3, 0.4) is 0 Å². The van der Waals surface area contributed by atoms with Crippen LogP contribution < -0.4 is 10.1 Å². The highest BCUT2D eigenvalue weighted by Crippen LogP contribution is 2.18. The number of rotatable bonds is 6. The maximum absolute atomic E-state index is 12.3. The molecule has 0 unspecified atom stereocenters. The first-order valence-corrected chi connectivity index (χ1v) is 7.46. The number of benzene rings is 2. The van der Waals surface area contributed by atoms with Gasteiger partial charge in [-0.15, -0.1) is 0 Å². The molecule has 120 valence electrons. The van der Waals surface area contributed by atoms with Gasteiger partial charge in [0.1, 0.15) is 24.0 Å². The summed E-state index contributed by atoms with van der Waals surface area (Å²) in [6.45, 7) is 5.89. The highest BCUT2D eigenvalue weighted by Gasteiger charge is 2.10. The zero-order chi connectivity index (χ0) is 17.4. The molecule has 2 aromatic rings. The Kier molecular flexibility index (Phi) is 5.93. The standard InChI is InChI=1S/C20H18N2O2/c1-3-11-24-18-9-6-8-16(13-18)12-17(14-21)20(23)22-19-10-5-4-7-15(19)2/h3-10,12-13H,1,11H2,2H3,(H,22,23)/b17-12-. The lowest BCUT2D eigenvalue weighted by atomic mass is 10.1. The number of carbonyl (C=O) groups is 1. The Balaban J connectivity index is 2.20. The molecule has 0 saturated heterocycles. The van der Waals surface area contributed by atoms with E-state index in [2.05, 4.69) is 11.9 Å². The minimum atomic E-state index is -0.441. The van der Waals surface area contributed by atoms with Crippen LogP contribution in [0.4, 0.5) is 5.69 Å². The van der Waals surface area contributed by atoms with Crippen LogP contribution >= 0.6 is 0 Å². The maximum atomic E-state index is 12.3. The monoisotopic (exact) mass is 318 g/mol. The minimum Gasteiger partial charge on any atom is -0.490 e. The third-order valence-corrected chi connectivity index (χ3v) is 3.30. The molecule has 0 saturated carbocycles. The van der Waals surface area contributed by atoms with Gasteiger partial charge in [-0.25, -0.2) is 0 Å². The van der Waals surface area contributed by atoms with Crippen LogP contribution in [0.15, 0.2) is 66.8 Å². The van der Waals surface area contributed by atoms with E-state index in [9.17, 15) is 10.1 Å². The van der Waals surface area contributed by atoms with Crippen molar-refractivity contribution in [2.24, 2.45) is 0 Å². The minimum absolute atomic E-state index is 0.0270. The Morgan fingerprint density at radius 1 is 1.29 bits per heavy atom. The molecule has 1 N–H and O–H groups in total. The Bertz CT molecular complexity index is 816. The van der Waals surface area contributed by atoms with Crippen molar-refractivity contribution in [1.82, 2.24) is 0 Å². The molecule has 0 bridgehead atoms. The van der Waals surface area contributed by atoms with E-state index in [0.29, 0.717) is 23.6 Å². The number of nitrogens with one attached hydrogen (secondary N) is 1. The van der Waals surface area contributed by atoms with Gasteiger partial charge in [0.05, 0.1) is 0 Å². The summed E-state index contributed by atoms with van der Waals surface area (Å²) in [5.41, 5.74) is 2.36. The van der Waals surface area contributed by atoms with Gasteiger partial charge in [-0.1, -0.05) is 43.0 Å². The second-order valence-corrected chi connectivity index (χ2v) is 5.11. The summed E-state index contributed by atoms with van der Waals surface area (Å²) in [6.07, 6.45) is 3.19. The molecular weight excluding hydrogens is 300 g/mol. The number of amides is 1. The molecule has 0 spiro atoms. The average Bonchev–Trinajstić information content (AvgIpc) is 2.60. The number of ether oxygens (including phenoxy) is 1. The molecule has 0 aliphatic rings. The number of hydrogen-bond donors (Lipinski definition) is 1. The van der Waals surface area contributed by atoms with Crippen LogP contribution in [0.5, 0.6) is 5.75 Å². The number of hydrogen-bond acceptors (Lipinski definition) is 3. The lowest BCUT2D eigenvalue weighted by Gasteiger charge is -2.07. The number of nitrogens with zero attached hydrogens (tertiary/aromatic N) is 1. The molecule has 24 heavy (non-hydrogen) atoms. The normalized spacial score (nSPS) is 10.6. The second kappa shape index (κ2) is 8.35. The first-order valence-electron chi connectivity index (χ1n) is 7.46. The van der Waals surface area contributed by atoms with E-state index >= 15 is 0 Å². The van der Waals surface area contributed by atoms with E-state index in [1.807, 2.05) is 31.2 Å². The van der Waals surface area contributed by atoms with Gasteiger partial charge in [-0.05, 0) is 42.3 Å². The molecule has 0 aliphatic heterocycles. The van der Waals surface area contributed by atoms with Gasteiger partial charge in [-0.3, -0.25) is 4.79 Å². The fraction of sp³-hybridized carbons (Fsp3) is 0.100. The molecule has 2 aromatic carbocycles. The smallest absolute Gasteiger partial charge is 0.266 e. The van der Waals surface area contributed by atoms with Crippen LogP contribution in [-0.4, -0.2) is 12.5 Å². The van der Waals surface area contributed by atoms with Crippen molar-refractivity contribution in [2.75, 3.05) is 11.9 Å². The molecule has 1 amide bonds. The van der Waals surface area contributed by atoms with E-state index in [4.69, 9.17) is 4.74 Å². The number of nitriles is 1. The first-order chi connectivity index (χ1) is 11.6. The zero-order valence-electron chi connectivity index (χ0n) is 13.5. The van der Waals surface area contributed by atoms with Crippen molar-refractivity contribution >= 4 is 17.7 Å². The van der Waals surface area contributed by atoms with Gasteiger partial charge < -0.3 is 10.1 Å². The molecule has 0 aromatic heterocycles. The van der Waals surface area contributed by atoms with Gasteiger partial charge in [0.25, 0.3) is 5.91 Å². The summed E-state index contributed by atoms with van der Waals surface area (Å²) >= 11 is 0. The number of aryl methyl sites for hydroxylation is 1. The van der Waals surface area contributed by atoms with Crippen molar-refractivity contribution in [3.8, 4) is 11.8 Å². The third kappa shape index (κ3) is 4.59. The predicted octanol–water partition coefficient (Wildman–Crippen LogP) is 4.11. The predicted molar refractivity (Wildman–Crippen MR) is 95.5 cm³/mol. The number of para-hydroxylation sites is 1. The number of carbonyl (C=O) groups excluding carboxylic acids is 1. The van der Waals surface area contributed by atoms with Gasteiger partial charge in [-0.2, -0.15) is 5.26 Å². The topological polar surface area (TPSA) is 62.1 Å². The molecule has 2 rings (SSSR count). The van der Waals surface area contributed by atoms with Crippen LogP contribution in [0.25, 0.3) is 6.08 Å². The SMILES string of the molecule is C=CCOc1cccc(/C=C(/C#N)C(=O)Nc2ccccc2C)c1. The lowest BCUT2D eigenvalue weighted by molar-refractivity contribution is -0.112. The van der Waals surface area contributed by atoms with Crippen LogP contribution in [-0.2, 0) is 4.79 Å². The fourth-order valence-corrected chi connectivity index (χ4v) is 2.07. The van der Waals surface area contributed by atoms with Crippen molar-refractivity contribution in [2.45, 2.75) is 6.92 Å². The molecule has 0 aliphatic carbocycles. The average molecular weight is 318 g/mol. The van der Waals surface area contributed by atoms with Crippen molar-refractivity contribution < 1.29 is 9.53 Å². The summed E-state index contributed by atoms with van der Waals surface area (Å²) in [7, 11) is 0. The molecule has 0 radical (unpaired) electrons. The van der Waals surface area contributed by atoms with Gasteiger partial charge in [0.2, 0.25) is 0 Å². The van der Waals surface area contributed by atoms with E-state index < -0.39 is 5.91 Å². The highest BCUT2D eigenvalue weighted by molar-refractivity contribution is 6.09. The summed E-state index contributed by atoms with van der Waals surface area (Å²) in [5, 5.41) is 12.0. The number of anilines is 1. The molecular formula is C20H18N2O2. The molecule has 0 atom stereocenters. The maximum Gasteiger partial charge on any atom is 0.266 e. The third-order valence-electron chi connectivity index (χ3n) is 3.30. The van der Waals surface area contributed by atoms with Crippen molar-refractivity contribution in [1.29, 1.82) is 5.26 Å². The van der Waals surface area contributed by atoms with E-state index in [1.165, 1.54) is 6.08 Å². The Morgan fingerprint density at radius 2 is 2.08 bits per heavy atom. The molecule has 0 fully saturated rings. The van der Waals surface area contributed by atoms with E-state index in [1.54, 1.807) is 36.4 Å². The lowest BCUT2D eigenvalue weighted by Crippen LogP contribution is -2.14. The summed E-state index contributed by atoms with van der Waals surface area (Å²) < 4.78 is 5.45. The Hall–Kier alpha value is -3.32.